The Morgan fingerprint density at radius 3 is 2.38 bits per heavy atom. The van der Waals surface area contributed by atoms with Crippen LogP contribution in [0.1, 0.15) is 51.7 Å². The van der Waals surface area contributed by atoms with Crippen molar-refractivity contribution >= 4 is 17.7 Å². The summed E-state index contributed by atoms with van der Waals surface area (Å²) in [5.41, 5.74) is 2.48. The number of hydrogen-bond donors (Lipinski definition) is 0. The molecule has 1 aliphatic heterocycles. The van der Waals surface area contributed by atoms with E-state index in [4.69, 9.17) is 4.74 Å². The molecule has 0 radical (unpaired) electrons. The number of hydrogen-bond acceptors (Lipinski definition) is 4. The van der Waals surface area contributed by atoms with Gasteiger partial charge in [-0.25, -0.2) is 0 Å². The number of aryl methyl sites for hydroxylation is 1. The van der Waals surface area contributed by atoms with Crippen LogP contribution in [0.5, 0.6) is 0 Å². The molecule has 1 aliphatic rings. The Morgan fingerprint density at radius 2 is 1.85 bits per heavy atom. The van der Waals surface area contributed by atoms with E-state index in [1.54, 1.807) is 11.8 Å². The number of likely N-dealkylation sites (tertiary alicyclic amines) is 1. The first kappa shape index (κ1) is 20.1. The first-order valence-corrected chi connectivity index (χ1v) is 9.29. The van der Waals surface area contributed by atoms with Gasteiger partial charge in [0.2, 0.25) is 5.91 Å². The number of carbonyl (C=O) groups excluding carboxylic acids is 3. The van der Waals surface area contributed by atoms with E-state index in [2.05, 4.69) is 45.0 Å². The number of rotatable bonds is 5. The Kier molecular flexibility index (Phi) is 6.57. The molecule has 1 unspecified atom stereocenters. The molecule has 0 aromatic heterocycles. The summed E-state index contributed by atoms with van der Waals surface area (Å²) < 4.78 is 4.92. The van der Waals surface area contributed by atoms with Crippen molar-refractivity contribution in [1.82, 2.24) is 4.90 Å². The molecule has 0 spiro atoms. The smallest absolute Gasteiger partial charge is 0.316 e. The highest BCUT2D eigenvalue weighted by atomic mass is 16.5. The molecule has 1 aromatic carbocycles. The van der Waals surface area contributed by atoms with Gasteiger partial charge in [0, 0.05) is 13.0 Å². The van der Waals surface area contributed by atoms with Crippen molar-refractivity contribution in [1.29, 1.82) is 0 Å². The number of amides is 1. The van der Waals surface area contributed by atoms with Crippen LogP contribution < -0.4 is 0 Å². The summed E-state index contributed by atoms with van der Waals surface area (Å²) >= 11 is 0. The summed E-state index contributed by atoms with van der Waals surface area (Å²) in [6, 6.07) is 8.33. The average Bonchev–Trinajstić information content (AvgIpc) is 2.59. The molecule has 0 bridgehead atoms. The van der Waals surface area contributed by atoms with E-state index in [0.29, 0.717) is 25.8 Å². The lowest BCUT2D eigenvalue weighted by Crippen LogP contribution is -2.46. The minimum Gasteiger partial charge on any atom is -0.465 e. The Labute approximate surface area is 155 Å². The third-order valence-electron chi connectivity index (χ3n) is 4.79. The summed E-state index contributed by atoms with van der Waals surface area (Å²) in [5.74, 6) is -1.45. The summed E-state index contributed by atoms with van der Waals surface area (Å²) in [6.45, 7) is 8.92. The molecule has 5 nitrogen and oxygen atoms in total. The van der Waals surface area contributed by atoms with E-state index in [1.165, 1.54) is 5.56 Å². The molecule has 0 N–H and O–H groups in total. The van der Waals surface area contributed by atoms with Crippen LogP contribution in [0.3, 0.4) is 0 Å². The van der Waals surface area contributed by atoms with Crippen LogP contribution in [0.4, 0.5) is 0 Å². The van der Waals surface area contributed by atoms with Gasteiger partial charge in [0.05, 0.1) is 13.2 Å². The number of benzene rings is 1. The van der Waals surface area contributed by atoms with Crippen LogP contribution in [0, 0.1) is 5.92 Å². The van der Waals surface area contributed by atoms with Gasteiger partial charge in [-0.3, -0.25) is 14.4 Å². The molecule has 2 rings (SSSR count). The van der Waals surface area contributed by atoms with Gasteiger partial charge in [-0.1, -0.05) is 45.0 Å². The van der Waals surface area contributed by atoms with Crippen molar-refractivity contribution < 1.29 is 19.1 Å². The third kappa shape index (κ3) is 5.16. The van der Waals surface area contributed by atoms with Gasteiger partial charge in [0.15, 0.2) is 5.78 Å². The molecule has 142 valence electrons. The van der Waals surface area contributed by atoms with Gasteiger partial charge in [0.1, 0.15) is 5.92 Å². The average molecular weight is 359 g/mol. The van der Waals surface area contributed by atoms with Gasteiger partial charge < -0.3 is 9.64 Å². The zero-order chi connectivity index (χ0) is 19.3. The summed E-state index contributed by atoms with van der Waals surface area (Å²) in [6.07, 6.45) is 1.37. The van der Waals surface area contributed by atoms with E-state index in [1.807, 2.05) is 0 Å². The SMILES string of the molecule is CCOC(=O)C1CCN(C(=O)CCc2ccc(C(C)(C)C)cc2)CC1=O. The number of esters is 1. The van der Waals surface area contributed by atoms with E-state index < -0.39 is 11.9 Å². The predicted octanol–water partition coefficient (Wildman–Crippen LogP) is 2.90. The lowest BCUT2D eigenvalue weighted by Gasteiger charge is -2.30. The zero-order valence-electron chi connectivity index (χ0n) is 16.2. The van der Waals surface area contributed by atoms with Gasteiger partial charge in [-0.15, -0.1) is 0 Å². The molecule has 26 heavy (non-hydrogen) atoms. The second-order valence-electron chi connectivity index (χ2n) is 7.82. The van der Waals surface area contributed by atoms with Gasteiger partial charge in [-0.05, 0) is 36.3 Å². The number of ether oxygens (including phenoxy) is 1. The monoisotopic (exact) mass is 359 g/mol. The maximum Gasteiger partial charge on any atom is 0.316 e. The van der Waals surface area contributed by atoms with Gasteiger partial charge in [-0.2, -0.15) is 0 Å². The van der Waals surface area contributed by atoms with E-state index >= 15 is 0 Å². The van der Waals surface area contributed by atoms with Crippen molar-refractivity contribution in [3.63, 3.8) is 0 Å². The minimum atomic E-state index is -0.719. The number of nitrogens with zero attached hydrogens (tertiary/aromatic N) is 1. The van der Waals surface area contributed by atoms with E-state index in [-0.39, 0.29) is 30.3 Å². The highest BCUT2D eigenvalue weighted by molar-refractivity contribution is 6.01. The van der Waals surface area contributed by atoms with Crippen molar-refractivity contribution in [3.05, 3.63) is 35.4 Å². The van der Waals surface area contributed by atoms with E-state index in [9.17, 15) is 14.4 Å². The topological polar surface area (TPSA) is 63.7 Å². The lowest BCUT2D eigenvalue weighted by molar-refractivity contribution is -0.156. The summed E-state index contributed by atoms with van der Waals surface area (Å²) in [4.78, 5) is 37.8. The Hall–Kier alpha value is -2.17. The summed E-state index contributed by atoms with van der Waals surface area (Å²) in [5, 5.41) is 0. The van der Waals surface area contributed by atoms with Crippen molar-refractivity contribution in [2.75, 3.05) is 19.7 Å². The van der Waals surface area contributed by atoms with Crippen molar-refractivity contribution in [3.8, 4) is 0 Å². The highest BCUT2D eigenvalue weighted by Gasteiger charge is 2.34. The fourth-order valence-corrected chi connectivity index (χ4v) is 3.11. The lowest BCUT2D eigenvalue weighted by atomic mass is 9.86. The van der Waals surface area contributed by atoms with Crippen LogP contribution >= 0.6 is 0 Å². The fraction of sp³-hybridized carbons (Fsp3) is 0.571. The second kappa shape index (κ2) is 8.47. The molecule has 0 saturated carbocycles. The van der Waals surface area contributed by atoms with Crippen molar-refractivity contribution in [2.45, 2.75) is 52.4 Å². The van der Waals surface area contributed by atoms with Crippen LogP contribution in [-0.2, 0) is 31.0 Å². The number of Topliss-reactive ketones (excluding diaryl/α,β-unsaturated/α-hetero) is 1. The standard InChI is InChI=1S/C21H29NO4/c1-5-26-20(25)17-12-13-22(14-18(17)23)19(24)11-8-15-6-9-16(10-7-15)21(2,3)4/h6-7,9-10,17H,5,8,11-14H2,1-4H3. The largest absolute Gasteiger partial charge is 0.465 e. The van der Waals surface area contributed by atoms with E-state index in [0.717, 1.165) is 5.56 Å². The molecule has 0 aliphatic carbocycles. The second-order valence-corrected chi connectivity index (χ2v) is 7.82. The molecular formula is C21H29NO4. The van der Waals surface area contributed by atoms with Crippen molar-refractivity contribution in [2.24, 2.45) is 5.92 Å². The first-order valence-electron chi connectivity index (χ1n) is 9.29. The van der Waals surface area contributed by atoms with Crippen LogP contribution in [-0.4, -0.2) is 42.3 Å². The molecule has 1 fully saturated rings. The van der Waals surface area contributed by atoms with Gasteiger partial charge in [0.25, 0.3) is 0 Å². The van der Waals surface area contributed by atoms with Crippen LogP contribution in [0.25, 0.3) is 0 Å². The predicted molar refractivity (Wildman–Crippen MR) is 99.8 cm³/mol. The molecule has 1 aromatic rings. The van der Waals surface area contributed by atoms with Crippen LogP contribution in [0.15, 0.2) is 24.3 Å². The summed E-state index contributed by atoms with van der Waals surface area (Å²) in [7, 11) is 0. The molecule has 1 amide bonds. The third-order valence-corrected chi connectivity index (χ3v) is 4.79. The normalized spacial score (nSPS) is 17.9. The molecule has 1 heterocycles. The number of ketones is 1. The van der Waals surface area contributed by atoms with Crippen LogP contribution in [0.2, 0.25) is 0 Å². The minimum absolute atomic E-state index is 0.00523. The maximum atomic E-state index is 12.4. The first-order chi connectivity index (χ1) is 12.2. The Balaban J connectivity index is 1.85. The number of carbonyl (C=O) groups is 3. The highest BCUT2D eigenvalue weighted by Crippen LogP contribution is 2.23. The maximum absolute atomic E-state index is 12.4. The molecule has 1 saturated heterocycles. The fourth-order valence-electron chi connectivity index (χ4n) is 3.11. The molecular weight excluding hydrogens is 330 g/mol. The Bertz CT molecular complexity index is 658. The number of piperidine rings is 1. The Morgan fingerprint density at radius 1 is 1.19 bits per heavy atom. The molecule has 1 atom stereocenters. The zero-order valence-corrected chi connectivity index (χ0v) is 16.2. The molecule has 5 heteroatoms. The quantitative estimate of drug-likeness (QED) is 0.599. The van der Waals surface area contributed by atoms with Gasteiger partial charge >= 0.3 is 5.97 Å².